The number of carbonyl (C=O) groups is 1. The van der Waals surface area contributed by atoms with Crippen LogP contribution in [0, 0.1) is 6.07 Å². The van der Waals surface area contributed by atoms with Gasteiger partial charge in [0, 0.05) is 6.20 Å². The molecule has 4 heteroatoms. The van der Waals surface area contributed by atoms with E-state index in [2.05, 4.69) is 22.9 Å². The standard InChI is InChI=1S/C14H19N2O2/c1-5-8-12(11-9-6-7-10-15-11)16-13(17)18-14(2,3)4/h5,7,9-10,12H,1,8H2,2-4H3,(H,16,17)/t12-/m0/s1. The Kier molecular flexibility index (Phi) is 4.89. The maximum Gasteiger partial charge on any atom is 0.408 e. The Morgan fingerprint density at radius 3 is 2.89 bits per heavy atom. The van der Waals surface area contributed by atoms with E-state index in [0.717, 1.165) is 5.69 Å². The second kappa shape index (κ2) is 6.19. The normalized spacial score (nSPS) is 12.6. The van der Waals surface area contributed by atoms with Gasteiger partial charge in [-0.3, -0.25) is 4.98 Å². The van der Waals surface area contributed by atoms with E-state index in [1.165, 1.54) is 0 Å². The average Bonchev–Trinajstić information content (AvgIpc) is 2.27. The number of hydrogen-bond donors (Lipinski definition) is 1. The van der Waals surface area contributed by atoms with Crippen molar-refractivity contribution >= 4 is 6.09 Å². The molecule has 0 aromatic carbocycles. The number of rotatable bonds is 4. The predicted molar refractivity (Wildman–Crippen MR) is 70.0 cm³/mol. The van der Waals surface area contributed by atoms with Gasteiger partial charge in [0.25, 0.3) is 0 Å². The summed E-state index contributed by atoms with van der Waals surface area (Å²) in [6.07, 6.45) is 3.50. The quantitative estimate of drug-likeness (QED) is 0.832. The van der Waals surface area contributed by atoms with Gasteiger partial charge >= 0.3 is 6.09 Å². The minimum absolute atomic E-state index is 0.241. The lowest BCUT2D eigenvalue weighted by atomic mass is 10.1. The summed E-state index contributed by atoms with van der Waals surface area (Å²) >= 11 is 0. The van der Waals surface area contributed by atoms with E-state index in [0.29, 0.717) is 6.42 Å². The second-order valence-electron chi connectivity index (χ2n) is 4.90. The molecule has 97 valence electrons. The van der Waals surface area contributed by atoms with E-state index in [-0.39, 0.29) is 6.04 Å². The van der Waals surface area contributed by atoms with Gasteiger partial charge in [0.05, 0.1) is 11.7 Å². The van der Waals surface area contributed by atoms with Crippen molar-refractivity contribution in [3.63, 3.8) is 0 Å². The largest absolute Gasteiger partial charge is 0.444 e. The Morgan fingerprint density at radius 1 is 1.67 bits per heavy atom. The van der Waals surface area contributed by atoms with Gasteiger partial charge in [-0.05, 0) is 45.4 Å². The molecule has 1 radical (unpaired) electrons. The third kappa shape index (κ3) is 4.99. The Labute approximate surface area is 108 Å². The highest BCUT2D eigenvalue weighted by atomic mass is 16.6. The molecule has 0 aliphatic rings. The van der Waals surface area contributed by atoms with E-state index < -0.39 is 11.7 Å². The number of nitrogens with one attached hydrogen (secondary N) is 1. The van der Waals surface area contributed by atoms with Gasteiger partial charge in [-0.25, -0.2) is 4.79 Å². The zero-order valence-corrected chi connectivity index (χ0v) is 11.1. The summed E-state index contributed by atoms with van der Waals surface area (Å²) in [5.41, 5.74) is 0.224. The monoisotopic (exact) mass is 247 g/mol. The molecular formula is C14H19N2O2. The summed E-state index contributed by atoms with van der Waals surface area (Å²) in [4.78, 5) is 15.9. The molecule has 1 N–H and O–H groups in total. The van der Waals surface area contributed by atoms with Crippen LogP contribution in [-0.2, 0) is 4.74 Å². The molecule has 1 rings (SSSR count). The van der Waals surface area contributed by atoms with Crippen LogP contribution in [0.1, 0.15) is 38.9 Å². The maximum absolute atomic E-state index is 11.7. The Hall–Kier alpha value is -1.84. The Morgan fingerprint density at radius 2 is 2.39 bits per heavy atom. The van der Waals surface area contributed by atoms with E-state index in [1.807, 2.05) is 20.8 Å². The molecule has 0 spiro atoms. The predicted octanol–water partition coefficient (Wildman–Crippen LogP) is 3.02. The van der Waals surface area contributed by atoms with E-state index in [9.17, 15) is 4.79 Å². The van der Waals surface area contributed by atoms with Crippen LogP contribution in [0.5, 0.6) is 0 Å². The number of nitrogens with zero attached hydrogens (tertiary/aromatic N) is 1. The van der Waals surface area contributed by atoms with Crippen LogP contribution in [0.4, 0.5) is 4.79 Å². The third-order valence-electron chi connectivity index (χ3n) is 2.08. The molecule has 18 heavy (non-hydrogen) atoms. The molecule has 1 aromatic rings. The van der Waals surface area contributed by atoms with Gasteiger partial charge in [-0.15, -0.1) is 6.58 Å². The molecule has 1 atom stereocenters. The van der Waals surface area contributed by atoms with Crippen molar-refractivity contribution < 1.29 is 9.53 Å². The molecule has 0 aliphatic heterocycles. The topological polar surface area (TPSA) is 51.2 Å². The number of carbonyl (C=O) groups excluding carboxylic acids is 1. The number of pyridine rings is 1. The Balaban J connectivity index is 2.70. The first-order valence-electron chi connectivity index (χ1n) is 5.85. The molecule has 0 fully saturated rings. The fourth-order valence-electron chi connectivity index (χ4n) is 1.40. The molecule has 1 amide bonds. The summed E-state index contributed by atoms with van der Waals surface area (Å²) in [6, 6.07) is 6.14. The van der Waals surface area contributed by atoms with Crippen molar-refractivity contribution in [2.45, 2.75) is 38.8 Å². The van der Waals surface area contributed by atoms with Gasteiger partial charge in [0.2, 0.25) is 0 Å². The van der Waals surface area contributed by atoms with Crippen molar-refractivity contribution in [1.82, 2.24) is 10.3 Å². The van der Waals surface area contributed by atoms with Crippen LogP contribution in [-0.4, -0.2) is 16.7 Å². The van der Waals surface area contributed by atoms with Crippen molar-refractivity contribution in [3.05, 3.63) is 42.7 Å². The number of aromatic nitrogens is 1. The van der Waals surface area contributed by atoms with Gasteiger partial charge in [-0.2, -0.15) is 0 Å². The lowest BCUT2D eigenvalue weighted by Gasteiger charge is -2.22. The summed E-state index contributed by atoms with van der Waals surface area (Å²) in [5, 5.41) is 2.78. The van der Waals surface area contributed by atoms with Crippen molar-refractivity contribution in [2.24, 2.45) is 0 Å². The fourth-order valence-corrected chi connectivity index (χ4v) is 1.40. The van der Waals surface area contributed by atoms with Crippen LogP contribution < -0.4 is 5.32 Å². The van der Waals surface area contributed by atoms with Crippen LogP contribution in [0.3, 0.4) is 0 Å². The summed E-state index contributed by atoms with van der Waals surface area (Å²) in [7, 11) is 0. The molecule has 1 aromatic heterocycles. The van der Waals surface area contributed by atoms with Gasteiger partial charge in [0.15, 0.2) is 0 Å². The maximum atomic E-state index is 11.7. The highest BCUT2D eigenvalue weighted by Crippen LogP contribution is 2.15. The van der Waals surface area contributed by atoms with Gasteiger partial charge < -0.3 is 10.1 Å². The highest BCUT2D eigenvalue weighted by Gasteiger charge is 2.20. The Bertz CT molecular complexity index is 396. The highest BCUT2D eigenvalue weighted by molar-refractivity contribution is 5.68. The van der Waals surface area contributed by atoms with E-state index >= 15 is 0 Å². The molecule has 0 aliphatic carbocycles. The first-order chi connectivity index (χ1) is 8.42. The molecular weight excluding hydrogens is 228 g/mol. The number of amides is 1. The number of hydrogen-bond acceptors (Lipinski definition) is 3. The van der Waals surface area contributed by atoms with Crippen LogP contribution in [0.2, 0.25) is 0 Å². The van der Waals surface area contributed by atoms with Crippen molar-refractivity contribution in [2.75, 3.05) is 0 Å². The molecule has 0 unspecified atom stereocenters. The summed E-state index contributed by atoms with van der Waals surface area (Å²) in [5.74, 6) is 0. The van der Waals surface area contributed by atoms with Crippen molar-refractivity contribution in [3.8, 4) is 0 Å². The fraction of sp³-hybridized carbons (Fsp3) is 0.429. The van der Waals surface area contributed by atoms with E-state index in [1.54, 1.807) is 24.4 Å². The minimum atomic E-state index is -0.515. The molecule has 0 bridgehead atoms. The zero-order valence-electron chi connectivity index (χ0n) is 11.1. The minimum Gasteiger partial charge on any atom is -0.444 e. The van der Waals surface area contributed by atoms with Crippen LogP contribution in [0.25, 0.3) is 0 Å². The SMILES string of the molecule is C=CC[C@H](NC(=O)OC(C)(C)C)c1c[c]ccn1. The second-order valence-corrected chi connectivity index (χ2v) is 4.90. The lowest BCUT2D eigenvalue weighted by molar-refractivity contribution is 0.0503. The summed E-state index contributed by atoms with van der Waals surface area (Å²) in [6.45, 7) is 9.15. The smallest absolute Gasteiger partial charge is 0.408 e. The molecule has 1 heterocycles. The van der Waals surface area contributed by atoms with Crippen LogP contribution >= 0.6 is 0 Å². The van der Waals surface area contributed by atoms with Crippen LogP contribution in [0.15, 0.2) is 31.0 Å². The molecule has 4 nitrogen and oxygen atoms in total. The first-order valence-corrected chi connectivity index (χ1v) is 5.85. The molecule has 0 saturated heterocycles. The number of ether oxygens (including phenoxy) is 1. The van der Waals surface area contributed by atoms with Gasteiger partial charge in [0.1, 0.15) is 5.60 Å². The first kappa shape index (κ1) is 14.2. The lowest BCUT2D eigenvalue weighted by Crippen LogP contribution is -2.35. The van der Waals surface area contributed by atoms with E-state index in [4.69, 9.17) is 4.74 Å². The average molecular weight is 247 g/mol. The van der Waals surface area contributed by atoms with Gasteiger partial charge in [-0.1, -0.05) is 6.08 Å². The number of alkyl carbamates (subject to hydrolysis) is 1. The van der Waals surface area contributed by atoms with Crippen molar-refractivity contribution in [1.29, 1.82) is 0 Å². The molecule has 0 saturated carbocycles. The summed E-state index contributed by atoms with van der Waals surface area (Å²) < 4.78 is 5.21. The third-order valence-corrected chi connectivity index (χ3v) is 2.08. The zero-order chi connectivity index (χ0) is 13.6.